The molecule has 0 heterocycles. The van der Waals surface area contributed by atoms with Gasteiger partial charge >= 0.3 is 0 Å². The highest BCUT2D eigenvalue weighted by atomic mass is 16.3. The van der Waals surface area contributed by atoms with Gasteiger partial charge in [-0.3, -0.25) is 4.79 Å². The number of carbonyl (C=O) groups is 1. The van der Waals surface area contributed by atoms with E-state index in [1.807, 2.05) is 24.3 Å². The Morgan fingerprint density at radius 3 is 2.74 bits per heavy atom. The van der Waals surface area contributed by atoms with Crippen LogP contribution in [0, 0.1) is 5.92 Å². The summed E-state index contributed by atoms with van der Waals surface area (Å²) in [6.07, 6.45) is 1.89. The number of hydrogen-bond acceptors (Lipinski definition) is 3. The molecule has 19 heavy (non-hydrogen) atoms. The monoisotopic (exact) mass is 264 g/mol. The lowest BCUT2D eigenvalue weighted by molar-refractivity contribution is -0.114. The van der Waals surface area contributed by atoms with E-state index < -0.39 is 0 Å². The average Bonchev–Trinajstić information content (AvgIpc) is 2.39. The standard InChI is InChI=1S/C15H24N2O2/c1-3-13(8-9-18)10-16-11-14-6-4-5-7-15(14)17-12(2)19/h4-7,13,16,18H,3,8-11H2,1-2H3,(H,17,19). The van der Waals surface area contributed by atoms with Crippen molar-refractivity contribution in [1.82, 2.24) is 5.32 Å². The second-order valence-electron chi connectivity index (χ2n) is 4.76. The summed E-state index contributed by atoms with van der Waals surface area (Å²) < 4.78 is 0. The Morgan fingerprint density at radius 2 is 2.11 bits per heavy atom. The maximum absolute atomic E-state index is 11.1. The zero-order valence-corrected chi connectivity index (χ0v) is 11.8. The van der Waals surface area contributed by atoms with Gasteiger partial charge in [0, 0.05) is 25.8 Å². The zero-order chi connectivity index (χ0) is 14.1. The van der Waals surface area contributed by atoms with Crippen LogP contribution in [0.1, 0.15) is 32.3 Å². The van der Waals surface area contributed by atoms with Crippen LogP contribution in [0.15, 0.2) is 24.3 Å². The van der Waals surface area contributed by atoms with Gasteiger partial charge in [-0.15, -0.1) is 0 Å². The molecular formula is C15H24N2O2. The second-order valence-corrected chi connectivity index (χ2v) is 4.76. The molecule has 0 aliphatic heterocycles. The number of hydrogen-bond donors (Lipinski definition) is 3. The van der Waals surface area contributed by atoms with Gasteiger partial charge in [0.05, 0.1) is 0 Å². The molecule has 0 aliphatic rings. The summed E-state index contributed by atoms with van der Waals surface area (Å²) in [6, 6.07) is 7.79. The average molecular weight is 264 g/mol. The van der Waals surface area contributed by atoms with E-state index in [2.05, 4.69) is 17.6 Å². The molecule has 0 bridgehead atoms. The second kappa shape index (κ2) is 8.67. The maximum Gasteiger partial charge on any atom is 0.221 e. The Morgan fingerprint density at radius 1 is 1.37 bits per heavy atom. The topological polar surface area (TPSA) is 61.4 Å². The van der Waals surface area contributed by atoms with Crippen molar-refractivity contribution in [3.8, 4) is 0 Å². The van der Waals surface area contributed by atoms with Crippen molar-refractivity contribution in [2.75, 3.05) is 18.5 Å². The van der Waals surface area contributed by atoms with Crippen LogP contribution in [-0.4, -0.2) is 24.2 Å². The molecule has 1 atom stereocenters. The Balaban J connectivity index is 2.50. The van der Waals surface area contributed by atoms with Gasteiger partial charge in [-0.25, -0.2) is 0 Å². The molecule has 0 aromatic heterocycles. The number of carbonyl (C=O) groups excluding carboxylic acids is 1. The SMILES string of the molecule is CCC(CCO)CNCc1ccccc1NC(C)=O. The van der Waals surface area contributed by atoms with Crippen LogP contribution in [0.5, 0.6) is 0 Å². The third kappa shape index (κ3) is 5.85. The fourth-order valence-electron chi connectivity index (χ4n) is 2.03. The molecular weight excluding hydrogens is 240 g/mol. The molecule has 1 unspecified atom stereocenters. The normalized spacial score (nSPS) is 12.2. The Labute approximate surface area is 115 Å². The third-order valence-electron chi connectivity index (χ3n) is 3.19. The molecule has 0 saturated heterocycles. The predicted octanol–water partition coefficient (Wildman–Crippen LogP) is 2.14. The van der Waals surface area contributed by atoms with Gasteiger partial charge in [0.2, 0.25) is 5.91 Å². The fraction of sp³-hybridized carbons (Fsp3) is 0.533. The van der Waals surface area contributed by atoms with Crippen LogP contribution in [0.25, 0.3) is 0 Å². The number of rotatable bonds is 8. The largest absolute Gasteiger partial charge is 0.396 e. The number of benzene rings is 1. The van der Waals surface area contributed by atoms with Gasteiger partial charge < -0.3 is 15.7 Å². The summed E-state index contributed by atoms with van der Waals surface area (Å²) in [5.74, 6) is 0.442. The van der Waals surface area contributed by atoms with E-state index >= 15 is 0 Å². The van der Waals surface area contributed by atoms with Crippen molar-refractivity contribution >= 4 is 11.6 Å². The highest BCUT2D eigenvalue weighted by molar-refractivity contribution is 5.89. The van der Waals surface area contributed by atoms with Crippen molar-refractivity contribution in [1.29, 1.82) is 0 Å². The lowest BCUT2D eigenvalue weighted by Gasteiger charge is -2.15. The van der Waals surface area contributed by atoms with Crippen molar-refractivity contribution in [3.63, 3.8) is 0 Å². The van der Waals surface area contributed by atoms with Crippen molar-refractivity contribution in [3.05, 3.63) is 29.8 Å². The highest BCUT2D eigenvalue weighted by Gasteiger charge is 2.06. The summed E-state index contributed by atoms with van der Waals surface area (Å²) in [5, 5.41) is 15.2. The Bertz CT molecular complexity index is 393. The van der Waals surface area contributed by atoms with Crippen LogP contribution in [-0.2, 0) is 11.3 Å². The smallest absolute Gasteiger partial charge is 0.221 e. The molecule has 0 aliphatic carbocycles. The minimum atomic E-state index is -0.0563. The molecule has 106 valence electrons. The fourth-order valence-corrected chi connectivity index (χ4v) is 2.03. The van der Waals surface area contributed by atoms with E-state index in [0.717, 1.165) is 37.2 Å². The Kier molecular flexibility index (Phi) is 7.15. The number of anilines is 1. The molecule has 1 amide bonds. The molecule has 3 N–H and O–H groups in total. The van der Waals surface area contributed by atoms with Crippen LogP contribution >= 0.6 is 0 Å². The lowest BCUT2D eigenvalue weighted by atomic mass is 10.0. The summed E-state index contributed by atoms with van der Waals surface area (Å²) >= 11 is 0. The zero-order valence-electron chi connectivity index (χ0n) is 11.8. The van der Waals surface area contributed by atoms with Crippen LogP contribution in [0.2, 0.25) is 0 Å². The molecule has 0 fully saturated rings. The van der Waals surface area contributed by atoms with Crippen LogP contribution in [0.4, 0.5) is 5.69 Å². The molecule has 1 aromatic carbocycles. The van der Waals surface area contributed by atoms with Gasteiger partial charge in [-0.1, -0.05) is 31.5 Å². The summed E-state index contributed by atoms with van der Waals surface area (Å²) in [6.45, 7) is 5.48. The van der Waals surface area contributed by atoms with Gasteiger partial charge in [0.25, 0.3) is 0 Å². The van der Waals surface area contributed by atoms with E-state index in [4.69, 9.17) is 5.11 Å². The van der Waals surface area contributed by atoms with Gasteiger partial charge in [0.15, 0.2) is 0 Å². The number of nitrogens with one attached hydrogen (secondary N) is 2. The number of aliphatic hydroxyl groups is 1. The summed E-state index contributed by atoms with van der Waals surface area (Å²) in [7, 11) is 0. The Hall–Kier alpha value is -1.39. The predicted molar refractivity (Wildman–Crippen MR) is 77.9 cm³/mol. The summed E-state index contributed by atoms with van der Waals surface area (Å²) in [4.78, 5) is 11.1. The van der Waals surface area contributed by atoms with E-state index in [1.54, 1.807) is 0 Å². The van der Waals surface area contributed by atoms with Crippen LogP contribution < -0.4 is 10.6 Å². The van der Waals surface area contributed by atoms with Gasteiger partial charge in [0.1, 0.15) is 0 Å². The maximum atomic E-state index is 11.1. The van der Waals surface area contributed by atoms with Crippen molar-refractivity contribution < 1.29 is 9.90 Å². The van der Waals surface area contributed by atoms with Gasteiger partial charge in [-0.05, 0) is 30.5 Å². The molecule has 0 spiro atoms. The molecule has 0 radical (unpaired) electrons. The van der Waals surface area contributed by atoms with E-state index in [1.165, 1.54) is 6.92 Å². The van der Waals surface area contributed by atoms with E-state index in [-0.39, 0.29) is 12.5 Å². The number of aliphatic hydroxyl groups excluding tert-OH is 1. The lowest BCUT2D eigenvalue weighted by Crippen LogP contribution is -2.23. The molecule has 0 saturated carbocycles. The molecule has 1 aromatic rings. The van der Waals surface area contributed by atoms with E-state index in [9.17, 15) is 4.79 Å². The van der Waals surface area contributed by atoms with E-state index in [0.29, 0.717) is 5.92 Å². The first-order valence-corrected chi connectivity index (χ1v) is 6.84. The molecule has 4 heteroatoms. The first kappa shape index (κ1) is 15.7. The summed E-state index contributed by atoms with van der Waals surface area (Å²) in [5.41, 5.74) is 1.94. The van der Waals surface area contributed by atoms with Crippen LogP contribution in [0.3, 0.4) is 0 Å². The first-order chi connectivity index (χ1) is 9.17. The van der Waals surface area contributed by atoms with Gasteiger partial charge in [-0.2, -0.15) is 0 Å². The van der Waals surface area contributed by atoms with Crippen molar-refractivity contribution in [2.45, 2.75) is 33.2 Å². The minimum Gasteiger partial charge on any atom is -0.396 e. The van der Waals surface area contributed by atoms with Crippen molar-refractivity contribution in [2.24, 2.45) is 5.92 Å². The molecule has 1 rings (SSSR count). The molecule has 4 nitrogen and oxygen atoms in total. The minimum absolute atomic E-state index is 0.0563. The highest BCUT2D eigenvalue weighted by Crippen LogP contribution is 2.15. The quantitative estimate of drug-likeness (QED) is 0.674. The third-order valence-corrected chi connectivity index (χ3v) is 3.19. The number of amides is 1. The number of para-hydroxylation sites is 1. The first-order valence-electron chi connectivity index (χ1n) is 6.84.